The highest BCUT2D eigenvalue weighted by Gasteiger charge is 2.36. The minimum atomic E-state index is 0.297. The fraction of sp³-hybridized carbons (Fsp3) is 0.923. The Hall–Kier alpha value is -0.610. The Bertz CT molecular complexity index is 256. The van der Waals surface area contributed by atoms with Gasteiger partial charge in [0.1, 0.15) is 0 Å². The molecule has 2 fully saturated rings. The molecule has 0 spiro atoms. The first kappa shape index (κ1) is 12.8. The van der Waals surface area contributed by atoms with Gasteiger partial charge in [0.15, 0.2) is 0 Å². The van der Waals surface area contributed by atoms with E-state index < -0.39 is 0 Å². The number of nitrogens with one attached hydrogen (secondary N) is 1. The van der Waals surface area contributed by atoms with Gasteiger partial charge < -0.3 is 15.0 Å². The van der Waals surface area contributed by atoms with Gasteiger partial charge in [-0.15, -0.1) is 0 Å². The molecule has 1 heterocycles. The summed E-state index contributed by atoms with van der Waals surface area (Å²) in [7, 11) is 0. The molecule has 1 aliphatic heterocycles. The fourth-order valence-corrected chi connectivity index (χ4v) is 2.92. The molecule has 1 N–H and O–H groups in total. The molecule has 0 aromatic heterocycles. The van der Waals surface area contributed by atoms with E-state index in [4.69, 9.17) is 4.74 Å². The molecule has 0 aromatic rings. The van der Waals surface area contributed by atoms with Crippen LogP contribution < -0.4 is 5.32 Å². The zero-order chi connectivity index (χ0) is 12.1. The summed E-state index contributed by atoms with van der Waals surface area (Å²) in [6.07, 6.45) is 5.67. The molecule has 2 aliphatic rings. The summed E-state index contributed by atoms with van der Waals surface area (Å²) < 4.78 is 5.78. The van der Waals surface area contributed by atoms with Crippen LogP contribution in [-0.2, 0) is 9.53 Å². The van der Waals surface area contributed by atoms with Crippen LogP contribution >= 0.6 is 0 Å². The first-order valence-corrected chi connectivity index (χ1v) is 6.94. The largest absolute Gasteiger partial charge is 0.374 e. The van der Waals surface area contributed by atoms with E-state index in [2.05, 4.69) is 17.1 Å². The minimum absolute atomic E-state index is 0.297. The lowest BCUT2D eigenvalue weighted by Crippen LogP contribution is -2.55. The zero-order valence-electron chi connectivity index (χ0n) is 10.8. The minimum Gasteiger partial charge on any atom is -0.374 e. The monoisotopic (exact) mass is 240 g/mol. The summed E-state index contributed by atoms with van der Waals surface area (Å²) >= 11 is 0. The Balaban J connectivity index is 1.87. The number of ether oxygens (including phenoxy) is 1. The van der Waals surface area contributed by atoms with Gasteiger partial charge in [0.2, 0.25) is 5.91 Å². The molecule has 0 bridgehead atoms. The second-order valence-corrected chi connectivity index (χ2v) is 4.95. The number of carbonyl (C=O) groups is 1. The van der Waals surface area contributed by atoms with Crippen molar-refractivity contribution in [2.24, 2.45) is 0 Å². The molecule has 0 radical (unpaired) electrons. The van der Waals surface area contributed by atoms with Gasteiger partial charge in [-0.3, -0.25) is 4.79 Å². The number of nitrogens with zero attached hydrogens (tertiary/aromatic N) is 1. The van der Waals surface area contributed by atoms with Crippen LogP contribution in [0.3, 0.4) is 0 Å². The molecule has 2 atom stereocenters. The van der Waals surface area contributed by atoms with Crippen LogP contribution in [0.5, 0.6) is 0 Å². The van der Waals surface area contributed by atoms with Crippen molar-refractivity contribution in [1.82, 2.24) is 10.2 Å². The van der Waals surface area contributed by atoms with Crippen LogP contribution in [0.4, 0.5) is 0 Å². The fourth-order valence-electron chi connectivity index (χ4n) is 2.92. The standard InChI is InChI=1S/C13H24N2O2/c1-2-14-8-7-13(16)15-9-10-17-12-6-4-3-5-11(12)15/h11-12,14H,2-10H2,1H3. The van der Waals surface area contributed by atoms with Crippen LogP contribution in [0.1, 0.15) is 39.0 Å². The predicted molar refractivity (Wildman–Crippen MR) is 66.9 cm³/mol. The summed E-state index contributed by atoms with van der Waals surface area (Å²) in [6, 6.07) is 0.353. The SMILES string of the molecule is CCNCCC(=O)N1CCOC2CCCCC21. The molecule has 0 aromatic carbocycles. The van der Waals surface area contributed by atoms with Crippen molar-refractivity contribution in [3.8, 4) is 0 Å². The van der Waals surface area contributed by atoms with Gasteiger partial charge in [-0.25, -0.2) is 0 Å². The molecular formula is C13H24N2O2. The van der Waals surface area contributed by atoms with E-state index >= 15 is 0 Å². The van der Waals surface area contributed by atoms with Crippen LogP contribution in [0.25, 0.3) is 0 Å². The molecule has 1 amide bonds. The second-order valence-electron chi connectivity index (χ2n) is 4.95. The maximum atomic E-state index is 12.2. The maximum Gasteiger partial charge on any atom is 0.224 e. The van der Waals surface area contributed by atoms with E-state index in [9.17, 15) is 4.79 Å². The molecule has 4 heteroatoms. The van der Waals surface area contributed by atoms with Crippen molar-refractivity contribution in [2.45, 2.75) is 51.2 Å². The van der Waals surface area contributed by atoms with Crippen LogP contribution in [0.2, 0.25) is 0 Å². The molecule has 1 aliphatic carbocycles. The highest BCUT2D eigenvalue weighted by molar-refractivity contribution is 5.77. The van der Waals surface area contributed by atoms with Crippen molar-refractivity contribution in [3.05, 3.63) is 0 Å². The summed E-state index contributed by atoms with van der Waals surface area (Å²) in [6.45, 7) is 5.29. The lowest BCUT2D eigenvalue weighted by Gasteiger charge is -2.43. The first-order valence-electron chi connectivity index (χ1n) is 6.94. The molecule has 17 heavy (non-hydrogen) atoms. The lowest BCUT2D eigenvalue weighted by molar-refractivity contribution is -0.149. The van der Waals surface area contributed by atoms with Gasteiger partial charge in [0.25, 0.3) is 0 Å². The van der Waals surface area contributed by atoms with Crippen molar-refractivity contribution < 1.29 is 9.53 Å². The van der Waals surface area contributed by atoms with E-state index in [0.717, 1.165) is 32.5 Å². The number of carbonyl (C=O) groups excluding carboxylic acids is 1. The zero-order valence-corrected chi connectivity index (χ0v) is 10.8. The topological polar surface area (TPSA) is 41.6 Å². The van der Waals surface area contributed by atoms with Crippen LogP contribution in [-0.4, -0.2) is 49.2 Å². The van der Waals surface area contributed by atoms with Crippen LogP contribution in [0.15, 0.2) is 0 Å². The number of hydrogen-bond donors (Lipinski definition) is 1. The van der Waals surface area contributed by atoms with Crippen molar-refractivity contribution in [2.75, 3.05) is 26.2 Å². The Kier molecular flexibility index (Phi) is 4.80. The highest BCUT2D eigenvalue weighted by atomic mass is 16.5. The summed E-state index contributed by atoms with van der Waals surface area (Å²) in [5, 5.41) is 3.21. The molecule has 1 saturated heterocycles. The lowest BCUT2D eigenvalue weighted by atomic mass is 9.90. The molecule has 98 valence electrons. The summed E-state index contributed by atoms with van der Waals surface area (Å²) in [5.41, 5.74) is 0. The third-order valence-electron chi connectivity index (χ3n) is 3.82. The van der Waals surface area contributed by atoms with Gasteiger partial charge in [-0.05, 0) is 19.4 Å². The first-order chi connectivity index (χ1) is 8.33. The normalized spacial score (nSPS) is 28.9. The average Bonchev–Trinajstić information content (AvgIpc) is 2.38. The van der Waals surface area contributed by atoms with Crippen molar-refractivity contribution >= 4 is 5.91 Å². The Labute approximate surface area is 104 Å². The maximum absolute atomic E-state index is 12.2. The Morgan fingerprint density at radius 1 is 1.41 bits per heavy atom. The number of amides is 1. The van der Waals surface area contributed by atoms with Crippen LogP contribution in [0, 0.1) is 0 Å². The molecule has 4 nitrogen and oxygen atoms in total. The van der Waals surface area contributed by atoms with Gasteiger partial charge in [0, 0.05) is 19.5 Å². The second kappa shape index (κ2) is 6.36. The smallest absolute Gasteiger partial charge is 0.224 e. The third-order valence-corrected chi connectivity index (χ3v) is 3.82. The van der Waals surface area contributed by atoms with E-state index in [1.807, 2.05) is 0 Å². The highest BCUT2D eigenvalue weighted by Crippen LogP contribution is 2.28. The van der Waals surface area contributed by atoms with Crippen molar-refractivity contribution in [1.29, 1.82) is 0 Å². The quantitative estimate of drug-likeness (QED) is 0.750. The van der Waals surface area contributed by atoms with Gasteiger partial charge >= 0.3 is 0 Å². The van der Waals surface area contributed by atoms with E-state index in [1.54, 1.807) is 0 Å². The molecule has 2 rings (SSSR count). The van der Waals surface area contributed by atoms with Gasteiger partial charge in [-0.1, -0.05) is 19.8 Å². The number of morpholine rings is 1. The van der Waals surface area contributed by atoms with Gasteiger partial charge in [-0.2, -0.15) is 0 Å². The van der Waals surface area contributed by atoms with E-state index in [0.29, 0.717) is 31.1 Å². The molecular weight excluding hydrogens is 216 g/mol. The summed E-state index contributed by atoms with van der Waals surface area (Å²) in [5.74, 6) is 0.297. The molecule has 1 saturated carbocycles. The number of fused-ring (bicyclic) bond motifs is 1. The Morgan fingerprint density at radius 3 is 3.06 bits per heavy atom. The Morgan fingerprint density at radius 2 is 2.24 bits per heavy atom. The van der Waals surface area contributed by atoms with Crippen molar-refractivity contribution in [3.63, 3.8) is 0 Å². The third kappa shape index (κ3) is 3.19. The number of hydrogen-bond acceptors (Lipinski definition) is 3. The predicted octanol–water partition coefficient (Wildman–Crippen LogP) is 1.16. The van der Waals surface area contributed by atoms with E-state index in [1.165, 1.54) is 12.8 Å². The van der Waals surface area contributed by atoms with E-state index in [-0.39, 0.29) is 0 Å². The van der Waals surface area contributed by atoms with Gasteiger partial charge in [0.05, 0.1) is 18.8 Å². The number of rotatable bonds is 4. The molecule has 2 unspecified atom stereocenters. The summed E-state index contributed by atoms with van der Waals surface area (Å²) in [4.78, 5) is 14.2. The average molecular weight is 240 g/mol.